The van der Waals surface area contributed by atoms with E-state index < -0.39 is 0 Å². The topological polar surface area (TPSA) is 50.5 Å². The summed E-state index contributed by atoms with van der Waals surface area (Å²) in [6, 6.07) is 23.1. The van der Waals surface area contributed by atoms with E-state index in [0.29, 0.717) is 10.1 Å². The van der Waals surface area contributed by atoms with E-state index in [2.05, 4.69) is 15.2 Å². The van der Waals surface area contributed by atoms with Crippen LogP contribution in [0.3, 0.4) is 0 Å². The van der Waals surface area contributed by atoms with Crippen molar-refractivity contribution in [2.45, 2.75) is 19.0 Å². The number of nitrogens with one attached hydrogen (secondary N) is 1. The van der Waals surface area contributed by atoms with Crippen molar-refractivity contribution >= 4 is 34.6 Å². The monoisotopic (exact) mass is 475 g/mol. The van der Waals surface area contributed by atoms with E-state index in [9.17, 15) is 0 Å². The number of hydrogen-bond acceptors (Lipinski definition) is 4. The summed E-state index contributed by atoms with van der Waals surface area (Å²) in [6.45, 7) is 2.04. The molecule has 1 fully saturated rings. The van der Waals surface area contributed by atoms with Gasteiger partial charge in [0.2, 0.25) is 0 Å². The van der Waals surface area contributed by atoms with Gasteiger partial charge in [-0.3, -0.25) is 4.98 Å². The highest BCUT2D eigenvalue weighted by atomic mass is 35.5. The van der Waals surface area contributed by atoms with Crippen LogP contribution in [0.2, 0.25) is 5.02 Å². The third-order valence-electron chi connectivity index (χ3n) is 5.83. The summed E-state index contributed by atoms with van der Waals surface area (Å²) in [5.41, 5.74) is 3.88. The van der Waals surface area contributed by atoms with Gasteiger partial charge in [-0.05, 0) is 85.4 Å². The third kappa shape index (κ3) is 4.08. The number of pyridine rings is 1. The molecule has 0 amide bonds. The van der Waals surface area contributed by atoms with E-state index in [0.717, 1.165) is 39.8 Å². The van der Waals surface area contributed by atoms with Crippen molar-refractivity contribution in [3.63, 3.8) is 0 Å². The highest BCUT2D eigenvalue weighted by Crippen LogP contribution is 2.43. The fourth-order valence-electron chi connectivity index (χ4n) is 4.18. The van der Waals surface area contributed by atoms with Crippen LogP contribution in [0, 0.1) is 6.92 Å². The van der Waals surface area contributed by atoms with Crippen molar-refractivity contribution in [2.75, 3.05) is 12.0 Å². The molecule has 2 aromatic carbocycles. The van der Waals surface area contributed by atoms with Crippen molar-refractivity contribution in [1.29, 1.82) is 0 Å². The average molecular weight is 476 g/mol. The second kappa shape index (κ2) is 8.89. The number of aromatic nitrogens is 1. The minimum Gasteiger partial charge on any atom is -0.497 e. The largest absolute Gasteiger partial charge is 0.497 e. The molecule has 2 atom stereocenters. The van der Waals surface area contributed by atoms with E-state index in [1.165, 1.54) is 0 Å². The molecule has 4 aromatic rings. The molecule has 7 heteroatoms. The lowest BCUT2D eigenvalue weighted by molar-refractivity contribution is 0.414. The molecule has 3 heterocycles. The van der Waals surface area contributed by atoms with E-state index in [1.54, 1.807) is 13.3 Å². The Balaban J connectivity index is 1.60. The zero-order valence-corrected chi connectivity index (χ0v) is 19.7. The number of anilines is 1. The summed E-state index contributed by atoms with van der Waals surface area (Å²) in [6.07, 6.45) is 1.79. The fraction of sp³-hybridized carbons (Fsp3) is 0.154. The van der Waals surface area contributed by atoms with Crippen molar-refractivity contribution in [3.05, 3.63) is 101 Å². The van der Waals surface area contributed by atoms with Crippen molar-refractivity contribution in [1.82, 2.24) is 10.3 Å². The van der Waals surface area contributed by atoms with Gasteiger partial charge < -0.3 is 19.4 Å². The molecule has 33 heavy (non-hydrogen) atoms. The van der Waals surface area contributed by atoms with Gasteiger partial charge in [0, 0.05) is 22.5 Å². The molecule has 1 saturated heterocycles. The number of rotatable bonds is 5. The molecule has 5 nitrogen and oxygen atoms in total. The molecule has 166 valence electrons. The van der Waals surface area contributed by atoms with Gasteiger partial charge in [-0.25, -0.2) is 0 Å². The van der Waals surface area contributed by atoms with Gasteiger partial charge in [0.1, 0.15) is 23.3 Å². The summed E-state index contributed by atoms with van der Waals surface area (Å²) in [4.78, 5) is 6.66. The Morgan fingerprint density at radius 1 is 1.06 bits per heavy atom. The molecular formula is C26H22ClN3O2S. The molecular weight excluding hydrogens is 454 g/mol. The van der Waals surface area contributed by atoms with E-state index >= 15 is 0 Å². The molecule has 1 N–H and O–H groups in total. The van der Waals surface area contributed by atoms with Gasteiger partial charge in [-0.15, -0.1) is 0 Å². The molecule has 1 aliphatic heterocycles. The molecule has 2 aromatic heterocycles. The lowest BCUT2D eigenvalue weighted by atomic mass is 10.0. The molecule has 5 rings (SSSR count). The molecule has 2 unspecified atom stereocenters. The standard InChI is InChI=1S/C26H22ClN3O2S/c1-16-6-7-17(27)15-20(16)22-12-13-23(32-22)25-24(21-5-3-4-14-28-21)29-26(33)30(25)18-8-10-19(31-2)11-9-18/h3-15,24-25H,1-2H3,(H,29,33). The second-order valence-electron chi connectivity index (χ2n) is 7.86. The number of halogens is 1. The lowest BCUT2D eigenvalue weighted by Gasteiger charge is -2.26. The first-order valence-corrected chi connectivity index (χ1v) is 11.3. The molecule has 0 spiro atoms. The normalized spacial score (nSPS) is 17.8. The number of thiocarbonyl (C=S) groups is 1. The van der Waals surface area contributed by atoms with Crippen LogP contribution in [0.4, 0.5) is 5.69 Å². The number of ether oxygens (including phenoxy) is 1. The Hall–Kier alpha value is -3.35. The smallest absolute Gasteiger partial charge is 0.174 e. The summed E-state index contributed by atoms with van der Waals surface area (Å²) in [7, 11) is 1.65. The number of methoxy groups -OCH3 is 1. The number of hydrogen-bond donors (Lipinski definition) is 1. The predicted molar refractivity (Wildman–Crippen MR) is 135 cm³/mol. The first kappa shape index (κ1) is 21.5. The van der Waals surface area contributed by atoms with Gasteiger partial charge in [-0.1, -0.05) is 23.7 Å². The Labute approximate surface area is 203 Å². The second-order valence-corrected chi connectivity index (χ2v) is 8.68. The molecule has 0 saturated carbocycles. The van der Waals surface area contributed by atoms with Crippen LogP contribution >= 0.6 is 23.8 Å². The highest BCUT2D eigenvalue weighted by Gasteiger charge is 2.42. The summed E-state index contributed by atoms with van der Waals surface area (Å²) in [5, 5.41) is 4.73. The Morgan fingerprint density at radius 3 is 2.61 bits per heavy atom. The highest BCUT2D eigenvalue weighted by molar-refractivity contribution is 7.80. The Morgan fingerprint density at radius 2 is 1.88 bits per heavy atom. The summed E-state index contributed by atoms with van der Waals surface area (Å²) < 4.78 is 11.8. The van der Waals surface area contributed by atoms with Crippen LogP contribution in [0.15, 0.2) is 83.4 Å². The first-order chi connectivity index (χ1) is 16.0. The Bertz CT molecular complexity index is 1290. The van der Waals surface area contributed by atoms with Crippen LogP contribution < -0.4 is 15.0 Å². The zero-order valence-electron chi connectivity index (χ0n) is 18.2. The number of nitrogens with zero attached hydrogens (tertiary/aromatic N) is 2. The van der Waals surface area contributed by atoms with Gasteiger partial charge in [0.25, 0.3) is 0 Å². The quantitative estimate of drug-likeness (QED) is 0.333. The first-order valence-electron chi connectivity index (χ1n) is 10.6. The minimum atomic E-state index is -0.228. The summed E-state index contributed by atoms with van der Waals surface area (Å²) in [5.74, 6) is 2.33. The minimum absolute atomic E-state index is 0.180. The SMILES string of the molecule is COc1ccc(N2C(=S)NC(c3ccccn3)C2c2ccc(-c3cc(Cl)ccc3C)o2)cc1. The molecule has 1 aliphatic rings. The average Bonchev–Trinajstić information content (AvgIpc) is 3.46. The van der Waals surface area contributed by atoms with E-state index in [-0.39, 0.29) is 12.1 Å². The summed E-state index contributed by atoms with van der Waals surface area (Å²) >= 11 is 12.0. The van der Waals surface area contributed by atoms with Crippen molar-refractivity contribution in [3.8, 4) is 17.1 Å². The van der Waals surface area contributed by atoms with Crippen molar-refractivity contribution in [2.24, 2.45) is 0 Å². The Kier molecular flexibility index (Phi) is 5.79. The van der Waals surface area contributed by atoms with Gasteiger partial charge in [0.15, 0.2) is 5.11 Å². The molecule has 0 radical (unpaired) electrons. The zero-order chi connectivity index (χ0) is 22.9. The van der Waals surface area contributed by atoms with E-state index in [1.807, 2.05) is 79.7 Å². The van der Waals surface area contributed by atoms with Crippen LogP contribution in [0.5, 0.6) is 5.75 Å². The molecule has 0 bridgehead atoms. The number of furan rings is 1. The van der Waals surface area contributed by atoms with Crippen LogP contribution in [-0.2, 0) is 0 Å². The van der Waals surface area contributed by atoms with Gasteiger partial charge >= 0.3 is 0 Å². The predicted octanol–water partition coefficient (Wildman–Crippen LogP) is 6.49. The fourth-order valence-corrected chi connectivity index (χ4v) is 4.70. The van der Waals surface area contributed by atoms with Gasteiger partial charge in [-0.2, -0.15) is 0 Å². The maximum absolute atomic E-state index is 6.43. The van der Waals surface area contributed by atoms with Crippen LogP contribution in [-0.4, -0.2) is 17.2 Å². The van der Waals surface area contributed by atoms with E-state index in [4.69, 9.17) is 33.0 Å². The van der Waals surface area contributed by atoms with Crippen LogP contribution in [0.1, 0.15) is 29.1 Å². The van der Waals surface area contributed by atoms with Crippen molar-refractivity contribution < 1.29 is 9.15 Å². The number of benzene rings is 2. The van der Waals surface area contributed by atoms with Crippen LogP contribution in [0.25, 0.3) is 11.3 Å². The lowest BCUT2D eigenvalue weighted by Crippen LogP contribution is -2.29. The van der Waals surface area contributed by atoms with Gasteiger partial charge in [0.05, 0.1) is 18.8 Å². The maximum atomic E-state index is 6.43. The third-order valence-corrected chi connectivity index (χ3v) is 6.38. The number of aryl methyl sites for hydroxylation is 1. The molecule has 0 aliphatic carbocycles. The maximum Gasteiger partial charge on any atom is 0.174 e.